The summed E-state index contributed by atoms with van der Waals surface area (Å²) in [4.78, 5) is 37.0. The maximum absolute atomic E-state index is 12.2. The standard InChI is InChI=1S/C15H18N2O4/c1-3-5-8-17-13(18)11-7-6-10(9-12(11)14(17)19)16-15(20)21-4-2/h6-7,9H,3-5,8H2,1-2H3,(H,16,20). The highest BCUT2D eigenvalue weighted by Crippen LogP contribution is 2.26. The third-order valence-electron chi connectivity index (χ3n) is 3.23. The minimum absolute atomic E-state index is 0.263. The molecule has 3 amide bonds. The van der Waals surface area contributed by atoms with E-state index in [0.29, 0.717) is 23.4 Å². The van der Waals surface area contributed by atoms with Gasteiger partial charge in [-0.2, -0.15) is 0 Å². The zero-order valence-corrected chi connectivity index (χ0v) is 12.1. The number of unbranched alkanes of at least 4 members (excludes halogenated alkanes) is 1. The number of imide groups is 1. The van der Waals surface area contributed by atoms with Gasteiger partial charge in [-0.1, -0.05) is 13.3 Å². The summed E-state index contributed by atoms with van der Waals surface area (Å²) < 4.78 is 4.78. The molecule has 1 aromatic carbocycles. The zero-order chi connectivity index (χ0) is 15.4. The summed E-state index contributed by atoms with van der Waals surface area (Å²) in [6, 6.07) is 4.66. The van der Waals surface area contributed by atoms with Crippen molar-refractivity contribution >= 4 is 23.6 Å². The molecule has 6 nitrogen and oxygen atoms in total. The first-order chi connectivity index (χ1) is 10.1. The number of ether oxygens (including phenoxy) is 1. The van der Waals surface area contributed by atoms with Gasteiger partial charge in [-0.3, -0.25) is 19.8 Å². The number of anilines is 1. The van der Waals surface area contributed by atoms with Gasteiger partial charge in [0, 0.05) is 12.2 Å². The topological polar surface area (TPSA) is 75.7 Å². The highest BCUT2D eigenvalue weighted by Gasteiger charge is 2.35. The first-order valence-electron chi connectivity index (χ1n) is 7.02. The van der Waals surface area contributed by atoms with Crippen molar-refractivity contribution in [2.75, 3.05) is 18.5 Å². The molecule has 1 heterocycles. The molecule has 0 saturated carbocycles. The molecule has 0 aromatic heterocycles. The summed E-state index contributed by atoms with van der Waals surface area (Å²) in [7, 11) is 0. The van der Waals surface area contributed by atoms with Crippen molar-refractivity contribution in [3.63, 3.8) is 0 Å². The monoisotopic (exact) mass is 290 g/mol. The van der Waals surface area contributed by atoms with Gasteiger partial charge in [0.15, 0.2) is 0 Å². The van der Waals surface area contributed by atoms with E-state index in [4.69, 9.17) is 4.74 Å². The van der Waals surface area contributed by atoms with Crippen LogP contribution in [-0.2, 0) is 4.74 Å². The fourth-order valence-electron chi connectivity index (χ4n) is 2.17. The Bertz CT molecular complexity index is 583. The van der Waals surface area contributed by atoms with Gasteiger partial charge >= 0.3 is 6.09 Å². The summed E-state index contributed by atoms with van der Waals surface area (Å²) in [5, 5.41) is 2.52. The molecule has 0 radical (unpaired) electrons. The Hall–Kier alpha value is -2.37. The second-order valence-corrected chi connectivity index (χ2v) is 4.72. The maximum Gasteiger partial charge on any atom is 0.411 e. The van der Waals surface area contributed by atoms with E-state index < -0.39 is 6.09 Å². The fraction of sp³-hybridized carbons (Fsp3) is 0.400. The molecule has 0 unspecified atom stereocenters. The molecule has 0 fully saturated rings. The number of carbonyl (C=O) groups excluding carboxylic acids is 3. The van der Waals surface area contributed by atoms with Crippen molar-refractivity contribution in [3.8, 4) is 0 Å². The van der Waals surface area contributed by atoms with Crippen molar-refractivity contribution in [3.05, 3.63) is 29.3 Å². The number of hydrogen-bond donors (Lipinski definition) is 1. The van der Waals surface area contributed by atoms with Crippen molar-refractivity contribution in [2.24, 2.45) is 0 Å². The fourth-order valence-corrected chi connectivity index (χ4v) is 2.17. The van der Waals surface area contributed by atoms with Crippen molar-refractivity contribution < 1.29 is 19.1 Å². The predicted molar refractivity (Wildman–Crippen MR) is 77.4 cm³/mol. The minimum Gasteiger partial charge on any atom is -0.450 e. The van der Waals surface area contributed by atoms with Gasteiger partial charge < -0.3 is 4.74 Å². The molecule has 1 aliphatic rings. The number of nitrogens with one attached hydrogen (secondary N) is 1. The van der Waals surface area contributed by atoms with Crippen LogP contribution in [0.25, 0.3) is 0 Å². The lowest BCUT2D eigenvalue weighted by molar-refractivity contribution is 0.0652. The van der Waals surface area contributed by atoms with E-state index in [9.17, 15) is 14.4 Å². The highest BCUT2D eigenvalue weighted by atomic mass is 16.5. The molecule has 21 heavy (non-hydrogen) atoms. The number of amides is 3. The van der Waals surface area contributed by atoms with Crippen LogP contribution in [0.5, 0.6) is 0 Å². The van der Waals surface area contributed by atoms with Crippen LogP contribution in [0, 0.1) is 0 Å². The SMILES string of the molecule is CCCCN1C(=O)c2ccc(NC(=O)OCC)cc2C1=O. The smallest absolute Gasteiger partial charge is 0.411 e. The van der Waals surface area contributed by atoms with Crippen LogP contribution in [0.2, 0.25) is 0 Å². The Morgan fingerprint density at radius 1 is 1.19 bits per heavy atom. The normalized spacial score (nSPS) is 13.3. The van der Waals surface area contributed by atoms with Gasteiger partial charge in [-0.25, -0.2) is 4.79 Å². The first kappa shape index (κ1) is 15.0. The summed E-state index contributed by atoms with van der Waals surface area (Å²) >= 11 is 0. The van der Waals surface area contributed by atoms with Crippen LogP contribution in [0.3, 0.4) is 0 Å². The van der Waals surface area contributed by atoms with E-state index in [0.717, 1.165) is 12.8 Å². The molecule has 2 rings (SSSR count). The Morgan fingerprint density at radius 2 is 1.90 bits per heavy atom. The average molecular weight is 290 g/mol. The Kier molecular flexibility index (Phi) is 4.57. The predicted octanol–water partition coefficient (Wildman–Crippen LogP) is 2.65. The lowest BCUT2D eigenvalue weighted by Gasteiger charge is -2.12. The van der Waals surface area contributed by atoms with Crippen LogP contribution in [-0.4, -0.2) is 36.0 Å². The average Bonchev–Trinajstić information content (AvgIpc) is 2.69. The molecule has 1 aliphatic heterocycles. The number of hydrogen-bond acceptors (Lipinski definition) is 4. The van der Waals surface area contributed by atoms with Crippen LogP contribution in [0.4, 0.5) is 10.5 Å². The molecule has 1 N–H and O–H groups in total. The van der Waals surface area contributed by atoms with Gasteiger partial charge in [0.1, 0.15) is 0 Å². The lowest BCUT2D eigenvalue weighted by Crippen LogP contribution is -2.30. The molecule has 0 bridgehead atoms. The van der Waals surface area contributed by atoms with Crippen LogP contribution < -0.4 is 5.32 Å². The van der Waals surface area contributed by atoms with Crippen LogP contribution >= 0.6 is 0 Å². The zero-order valence-electron chi connectivity index (χ0n) is 12.1. The lowest BCUT2D eigenvalue weighted by atomic mass is 10.1. The van der Waals surface area contributed by atoms with Gasteiger partial charge in [-0.05, 0) is 31.5 Å². The first-order valence-corrected chi connectivity index (χ1v) is 7.02. The number of fused-ring (bicyclic) bond motifs is 1. The van der Waals surface area contributed by atoms with Crippen molar-refractivity contribution in [1.82, 2.24) is 4.90 Å². The molecular formula is C15H18N2O4. The third kappa shape index (κ3) is 3.04. The molecule has 6 heteroatoms. The van der Waals surface area contributed by atoms with E-state index in [2.05, 4.69) is 5.32 Å². The summed E-state index contributed by atoms with van der Waals surface area (Å²) in [6.07, 6.45) is 1.10. The second kappa shape index (κ2) is 6.39. The van der Waals surface area contributed by atoms with E-state index in [1.165, 1.54) is 11.0 Å². The molecule has 112 valence electrons. The Morgan fingerprint density at radius 3 is 2.57 bits per heavy atom. The molecule has 0 aliphatic carbocycles. The number of carbonyl (C=O) groups is 3. The molecule has 0 saturated heterocycles. The van der Waals surface area contributed by atoms with Gasteiger partial charge in [0.2, 0.25) is 0 Å². The maximum atomic E-state index is 12.2. The van der Waals surface area contributed by atoms with Gasteiger partial charge in [0.25, 0.3) is 11.8 Å². The highest BCUT2D eigenvalue weighted by molar-refractivity contribution is 6.21. The molecule has 1 aromatic rings. The molecule has 0 spiro atoms. The second-order valence-electron chi connectivity index (χ2n) is 4.72. The number of benzene rings is 1. The number of nitrogens with zero attached hydrogens (tertiary/aromatic N) is 1. The minimum atomic E-state index is -0.586. The van der Waals surface area contributed by atoms with E-state index >= 15 is 0 Å². The molecular weight excluding hydrogens is 272 g/mol. The summed E-state index contributed by atoms with van der Waals surface area (Å²) in [5.41, 5.74) is 1.14. The molecule has 0 atom stereocenters. The Balaban J connectivity index is 2.19. The quantitative estimate of drug-likeness (QED) is 0.846. The van der Waals surface area contributed by atoms with Crippen molar-refractivity contribution in [2.45, 2.75) is 26.7 Å². The van der Waals surface area contributed by atoms with E-state index in [1.807, 2.05) is 6.92 Å². The summed E-state index contributed by atoms with van der Waals surface area (Å²) in [6.45, 7) is 4.39. The van der Waals surface area contributed by atoms with E-state index in [-0.39, 0.29) is 18.4 Å². The Labute approximate surface area is 123 Å². The number of rotatable bonds is 5. The summed E-state index contributed by atoms with van der Waals surface area (Å²) in [5.74, 6) is -0.581. The largest absolute Gasteiger partial charge is 0.450 e. The van der Waals surface area contributed by atoms with Crippen LogP contribution in [0.1, 0.15) is 47.4 Å². The third-order valence-corrected chi connectivity index (χ3v) is 3.23. The van der Waals surface area contributed by atoms with Crippen molar-refractivity contribution in [1.29, 1.82) is 0 Å². The van der Waals surface area contributed by atoms with Crippen LogP contribution in [0.15, 0.2) is 18.2 Å². The van der Waals surface area contributed by atoms with E-state index in [1.54, 1.807) is 19.1 Å². The van der Waals surface area contributed by atoms with Gasteiger partial charge in [0.05, 0.1) is 17.7 Å². The van der Waals surface area contributed by atoms with Gasteiger partial charge in [-0.15, -0.1) is 0 Å².